The Morgan fingerprint density at radius 2 is 1.22 bits per heavy atom. The molecule has 0 fully saturated rings. The summed E-state index contributed by atoms with van der Waals surface area (Å²) in [5, 5.41) is 0.765. The second kappa shape index (κ2) is 17.9. The van der Waals surface area contributed by atoms with Gasteiger partial charge in [0.25, 0.3) is 0 Å². The van der Waals surface area contributed by atoms with Crippen LogP contribution in [0.4, 0.5) is 0 Å². The van der Waals surface area contributed by atoms with Crippen LogP contribution in [0, 0.1) is 0 Å². The molecule has 0 rings (SSSR count). The van der Waals surface area contributed by atoms with Crippen LogP contribution in [-0.2, 0) is 4.74 Å². The molecule has 0 spiro atoms. The molecule has 0 amide bonds. The Labute approximate surface area is 142 Å². The molecule has 0 aromatic heterocycles. The summed E-state index contributed by atoms with van der Waals surface area (Å²) in [4.78, 5) is 0. The van der Waals surface area contributed by atoms with E-state index in [1.807, 2.05) is 6.92 Å². The molecule has 1 nitrogen and oxygen atoms in total. The van der Waals surface area contributed by atoms with Gasteiger partial charge in [-0.1, -0.05) is 71.6 Å². The van der Waals surface area contributed by atoms with E-state index in [-0.39, 0.29) is 29.6 Å². The number of unbranched alkanes of at least 4 members (excludes halogenated alkanes) is 9. The Morgan fingerprint density at radius 3 is 1.67 bits per heavy atom. The fourth-order valence-electron chi connectivity index (χ4n) is 1.88. The third kappa shape index (κ3) is 16.9. The van der Waals surface area contributed by atoms with Gasteiger partial charge in [0.15, 0.2) is 5.05 Å². The summed E-state index contributed by atoms with van der Waals surface area (Å²) in [5.74, 6) is 0. The van der Waals surface area contributed by atoms with Crippen LogP contribution >= 0.6 is 12.2 Å². The van der Waals surface area contributed by atoms with Crippen molar-refractivity contribution < 1.29 is 4.74 Å². The Balaban J connectivity index is 0. The van der Waals surface area contributed by atoms with E-state index in [0.29, 0.717) is 0 Å². The van der Waals surface area contributed by atoms with E-state index >= 15 is 0 Å². The molecule has 1 radical (unpaired) electrons. The van der Waals surface area contributed by atoms with Crippen molar-refractivity contribution in [3.05, 3.63) is 0 Å². The van der Waals surface area contributed by atoms with E-state index in [9.17, 15) is 0 Å². The van der Waals surface area contributed by atoms with Gasteiger partial charge in [-0.25, -0.2) is 0 Å². The quantitative estimate of drug-likeness (QED) is 0.273. The van der Waals surface area contributed by atoms with E-state index in [4.69, 9.17) is 17.0 Å². The van der Waals surface area contributed by atoms with Gasteiger partial charge in [0.2, 0.25) is 0 Å². The largest absolute Gasteiger partial charge is 0.487 e. The Hall–Kier alpha value is 0.890. The van der Waals surface area contributed by atoms with Crippen molar-refractivity contribution in [3.63, 3.8) is 0 Å². The first-order valence-electron chi connectivity index (χ1n) is 7.46. The SMILES string of the molecule is CCCCCCCCCCCCOC(=S)CC.[Na]. The average molecular weight is 281 g/mol. The van der Waals surface area contributed by atoms with Crippen LogP contribution in [0.1, 0.15) is 84.5 Å². The summed E-state index contributed by atoms with van der Waals surface area (Å²) < 4.78 is 5.39. The molecule has 18 heavy (non-hydrogen) atoms. The first kappa shape index (κ1) is 21.2. The predicted octanol–water partition coefficient (Wildman–Crippen LogP) is 5.28. The molecular weight excluding hydrogens is 251 g/mol. The molecule has 0 N–H and O–H groups in total. The minimum absolute atomic E-state index is 0. The van der Waals surface area contributed by atoms with Crippen LogP contribution in [0.5, 0.6) is 0 Å². The van der Waals surface area contributed by atoms with E-state index in [0.717, 1.165) is 24.5 Å². The van der Waals surface area contributed by atoms with Crippen molar-refractivity contribution in [1.29, 1.82) is 0 Å². The Kier molecular flexibility index (Phi) is 21.1. The number of thiocarbonyl (C=S) groups is 1. The van der Waals surface area contributed by atoms with Crippen LogP contribution in [0.15, 0.2) is 0 Å². The van der Waals surface area contributed by atoms with Gasteiger partial charge in [-0.2, -0.15) is 0 Å². The third-order valence-corrected chi connectivity index (χ3v) is 3.46. The number of ether oxygens (including phenoxy) is 1. The van der Waals surface area contributed by atoms with Crippen molar-refractivity contribution in [2.75, 3.05) is 6.61 Å². The van der Waals surface area contributed by atoms with Crippen LogP contribution in [0.25, 0.3) is 0 Å². The Morgan fingerprint density at radius 1 is 0.778 bits per heavy atom. The molecule has 0 aliphatic heterocycles. The van der Waals surface area contributed by atoms with Crippen molar-refractivity contribution in [2.45, 2.75) is 84.5 Å². The van der Waals surface area contributed by atoms with Crippen LogP contribution in [-0.4, -0.2) is 41.2 Å². The summed E-state index contributed by atoms with van der Waals surface area (Å²) in [6, 6.07) is 0. The van der Waals surface area contributed by atoms with Crippen molar-refractivity contribution >= 4 is 46.8 Å². The average Bonchev–Trinajstić information content (AvgIpc) is 2.35. The first-order chi connectivity index (χ1) is 8.31. The van der Waals surface area contributed by atoms with Gasteiger partial charge in [0.05, 0.1) is 6.61 Å². The van der Waals surface area contributed by atoms with Gasteiger partial charge < -0.3 is 4.74 Å². The summed E-state index contributed by atoms with van der Waals surface area (Å²) in [6.07, 6.45) is 14.5. The maximum absolute atomic E-state index is 5.39. The molecule has 0 unspecified atom stereocenters. The standard InChI is InChI=1S/C15H30OS.Na/c1-3-5-6-7-8-9-10-11-12-13-14-16-15(17)4-2;/h3-14H2,1-2H3;. The summed E-state index contributed by atoms with van der Waals surface area (Å²) in [7, 11) is 0. The molecule has 0 aliphatic rings. The normalized spacial score (nSPS) is 9.89. The van der Waals surface area contributed by atoms with Gasteiger partial charge in [-0.3, -0.25) is 0 Å². The third-order valence-electron chi connectivity index (χ3n) is 3.05. The number of hydrogen-bond acceptors (Lipinski definition) is 2. The first-order valence-corrected chi connectivity index (χ1v) is 7.87. The van der Waals surface area contributed by atoms with Gasteiger partial charge in [0, 0.05) is 36.0 Å². The van der Waals surface area contributed by atoms with Gasteiger partial charge >= 0.3 is 0 Å². The minimum Gasteiger partial charge on any atom is -0.487 e. The van der Waals surface area contributed by atoms with Crippen LogP contribution < -0.4 is 0 Å². The molecule has 0 aliphatic carbocycles. The van der Waals surface area contributed by atoms with Crippen molar-refractivity contribution in [2.24, 2.45) is 0 Å². The fraction of sp³-hybridized carbons (Fsp3) is 0.933. The fourth-order valence-corrected chi connectivity index (χ4v) is 1.96. The van der Waals surface area contributed by atoms with Gasteiger partial charge in [0.1, 0.15) is 0 Å². The minimum atomic E-state index is 0. The number of hydrogen-bond donors (Lipinski definition) is 0. The molecule has 103 valence electrons. The molecule has 3 heteroatoms. The maximum atomic E-state index is 5.39. The van der Waals surface area contributed by atoms with Gasteiger partial charge in [-0.15, -0.1) is 0 Å². The smallest absolute Gasteiger partial charge is 0.159 e. The molecule has 0 atom stereocenters. The van der Waals surface area contributed by atoms with Crippen molar-refractivity contribution in [3.8, 4) is 0 Å². The zero-order valence-corrected chi connectivity index (χ0v) is 15.6. The molecular formula is C15H30NaOS. The maximum Gasteiger partial charge on any atom is 0.159 e. The zero-order valence-electron chi connectivity index (χ0n) is 12.8. The van der Waals surface area contributed by atoms with E-state index < -0.39 is 0 Å². The van der Waals surface area contributed by atoms with E-state index in [2.05, 4.69) is 6.92 Å². The second-order valence-electron chi connectivity index (χ2n) is 4.76. The second-order valence-corrected chi connectivity index (χ2v) is 5.21. The van der Waals surface area contributed by atoms with Crippen LogP contribution in [0.2, 0.25) is 0 Å². The summed E-state index contributed by atoms with van der Waals surface area (Å²) in [6.45, 7) is 5.14. The topological polar surface area (TPSA) is 9.23 Å². The predicted molar refractivity (Wildman–Crippen MR) is 86.4 cm³/mol. The van der Waals surface area contributed by atoms with Crippen molar-refractivity contribution in [1.82, 2.24) is 0 Å². The molecule has 0 saturated heterocycles. The molecule has 0 saturated carbocycles. The zero-order chi connectivity index (χ0) is 12.8. The summed E-state index contributed by atoms with van der Waals surface area (Å²) >= 11 is 5.00. The summed E-state index contributed by atoms with van der Waals surface area (Å²) in [5.41, 5.74) is 0. The van der Waals surface area contributed by atoms with Crippen LogP contribution in [0.3, 0.4) is 0 Å². The van der Waals surface area contributed by atoms with E-state index in [1.165, 1.54) is 57.8 Å². The molecule has 0 bridgehead atoms. The Bertz CT molecular complexity index is 174. The monoisotopic (exact) mass is 281 g/mol. The molecule has 0 aromatic rings. The van der Waals surface area contributed by atoms with E-state index in [1.54, 1.807) is 0 Å². The molecule has 0 heterocycles. The van der Waals surface area contributed by atoms with Gasteiger partial charge in [-0.05, 0) is 18.6 Å². The number of rotatable bonds is 12. The molecule has 0 aromatic carbocycles.